The van der Waals surface area contributed by atoms with E-state index in [0.717, 1.165) is 36.8 Å². The summed E-state index contributed by atoms with van der Waals surface area (Å²) in [7, 11) is 0. The Morgan fingerprint density at radius 1 is 0.778 bits per heavy atom. The van der Waals surface area contributed by atoms with E-state index in [-0.39, 0.29) is 33.6 Å². The van der Waals surface area contributed by atoms with Crippen molar-refractivity contribution in [2.24, 2.45) is 4.99 Å². The second-order valence-electron chi connectivity index (χ2n) is 13.7. The van der Waals surface area contributed by atoms with Crippen molar-refractivity contribution >= 4 is 17.8 Å². The maximum Gasteiger partial charge on any atom is 0.144 e. The van der Waals surface area contributed by atoms with E-state index in [1.807, 2.05) is 19.1 Å². The third-order valence-corrected chi connectivity index (χ3v) is 8.29. The summed E-state index contributed by atoms with van der Waals surface area (Å²) in [4.78, 5) is 4.88. The maximum absolute atomic E-state index is 13.3. The Hall–Kier alpha value is -2.50. The summed E-state index contributed by atoms with van der Waals surface area (Å²) < 4.78 is 12.8. The minimum atomic E-state index is -1.66. The first-order chi connectivity index (χ1) is 20.6. The van der Waals surface area contributed by atoms with Gasteiger partial charge in [0.2, 0.25) is 0 Å². The zero-order chi connectivity index (χ0) is 32.7. The van der Waals surface area contributed by atoms with E-state index in [2.05, 4.69) is 79.7 Å². The number of benzene rings is 3. The van der Waals surface area contributed by atoms with Crippen molar-refractivity contribution in [3.8, 4) is 17.2 Å². The third kappa shape index (κ3) is 9.75. The first-order valence-corrected chi connectivity index (χ1v) is 16.3. The van der Waals surface area contributed by atoms with Gasteiger partial charge in [0.15, 0.2) is 0 Å². The fourth-order valence-electron chi connectivity index (χ4n) is 5.02. The van der Waals surface area contributed by atoms with Gasteiger partial charge in [-0.25, -0.2) is 0 Å². The Morgan fingerprint density at radius 2 is 1.24 bits per heavy atom. The molecule has 0 bridgehead atoms. The Kier molecular flexibility index (Phi) is 14.1. The van der Waals surface area contributed by atoms with Crippen molar-refractivity contribution in [2.45, 2.75) is 110 Å². The van der Waals surface area contributed by atoms with Gasteiger partial charge in [-0.05, 0) is 84.2 Å². The minimum absolute atomic E-state index is 0. The molecular weight excluding hydrogens is 633 g/mol. The topological polar surface area (TPSA) is 71.3 Å². The molecule has 0 fully saturated rings. The van der Waals surface area contributed by atoms with Crippen molar-refractivity contribution in [1.82, 2.24) is 0 Å². The van der Waals surface area contributed by atoms with Crippen LogP contribution in [-0.2, 0) is 33.5 Å². The quantitative estimate of drug-likeness (QED) is 0.107. The van der Waals surface area contributed by atoms with Gasteiger partial charge < -0.3 is 19.7 Å². The minimum Gasteiger partial charge on any atom is -0.507 e. The van der Waals surface area contributed by atoms with E-state index in [9.17, 15) is 10.2 Å². The third-order valence-electron chi connectivity index (χ3n) is 8.05. The standard InChI is InChI=1S/C38H52ClNO4.Cu/c1-10-12-20-43-34-18-14-28(36(4,5)6)23-31(34)38(42,26(3)40-25-27-22-30(39)16-17-33(27)41)32-24-29(37(7,8)9)15-19-35(32)44-21-13-11-2;/h14-19,22-26,41-42H,10-13,20-21H2,1-9H3;/t26-;/m1./s1. The van der Waals surface area contributed by atoms with Crippen molar-refractivity contribution in [3.63, 3.8) is 0 Å². The number of unbranched alkanes of at least 4 members (excludes halogenated alkanes) is 2. The van der Waals surface area contributed by atoms with Crippen molar-refractivity contribution in [2.75, 3.05) is 13.2 Å². The first kappa shape index (κ1) is 38.7. The number of aliphatic hydroxyl groups is 1. The Balaban J connectivity index is 0.00000705. The van der Waals surface area contributed by atoms with Gasteiger partial charge in [0, 0.05) is 45.0 Å². The molecule has 0 saturated carbocycles. The molecule has 251 valence electrons. The molecule has 2 N–H and O–H groups in total. The van der Waals surface area contributed by atoms with Crippen LogP contribution in [0.2, 0.25) is 5.02 Å². The largest absolute Gasteiger partial charge is 0.507 e. The van der Waals surface area contributed by atoms with Gasteiger partial charge in [0.05, 0.1) is 19.3 Å². The second kappa shape index (κ2) is 16.4. The SMILES string of the molecule is CCCCOc1ccc(C(C)(C)C)cc1C(O)(c1cc(C(C)(C)C)ccc1OCCCC)[C@@H](C)N=Cc1cc(Cl)ccc1O.[Cu]. The molecule has 0 amide bonds. The number of ether oxygens (including phenoxy) is 2. The van der Waals surface area contributed by atoms with Crippen molar-refractivity contribution < 1.29 is 36.8 Å². The molecule has 0 saturated heterocycles. The molecule has 7 heteroatoms. The molecule has 1 atom stereocenters. The van der Waals surface area contributed by atoms with Crippen molar-refractivity contribution in [1.29, 1.82) is 0 Å². The van der Waals surface area contributed by atoms with Crippen LogP contribution in [0.5, 0.6) is 17.2 Å². The molecule has 3 rings (SSSR count). The summed E-state index contributed by atoms with van der Waals surface area (Å²) in [5, 5.41) is 24.3. The Morgan fingerprint density at radius 3 is 1.67 bits per heavy atom. The smallest absolute Gasteiger partial charge is 0.144 e. The Bertz CT molecular complexity index is 1350. The second-order valence-corrected chi connectivity index (χ2v) is 14.2. The van der Waals surface area contributed by atoms with E-state index in [1.165, 1.54) is 0 Å². The van der Waals surface area contributed by atoms with E-state index >= 15 is 0 Å². The summed E-state index contributed by atoms with van der Waals surface area (Å²) >= 11 is 6.24. The normalized spacial score (nSPS) is 13.0. The number of phenolic OH excluding ortho intramolecular Hbond substituents is 1. The molecule has 45 heavy (non-hydrogen) atoms. The van der Waals surface area contributed by atoms with Gasteiger partial charge in [0.25, 0.3) is 0 Å². The molecule has 0 heterocycles. The summed E-state index contributed by atoms with van der Waals surface area (Å²) in [6.07, 6.45) is 5.35. The van der Waals surface area contributed by atoms with Crippen LogP contribution in [0.1, 0.15) is 116 Å². The average molecular weight is 686 g/mol. The first-order valence-electron chi connectivity index (χ1n) is 15.9. The van der Waals surface area contributed by atoms with Crippen LogP contribution < -0.4 is 9.47 Å². The van der Waals surface area contributed by atoms with Crippen LogP contribution in [0.3, 0.4) is 0 Å². The summed E-state index contributed by atoms with van der Waals surface area (Å²) in [5.74, 6) is 1.29. The molecule has 0 aliphatic heterocycles. The van der Waals surface area contributed by atoms with Crippen molar-refractivity contribution in [3.05, 3.63) is 87.4 Å². The molecule has 0 aliphatic rings. The average Bonchev–Trinajstić information content (AvgIpc) is 2.96. The number of phenols is 1. The number of halogens is 1. The van der Waals surface area contributed by atoms with Crippen LogP contribution >= 0.6 is 11.6 Å². The van der Waals surface area contributed by atoms with Crippen LogP contribution in [0.4, 0.5) is 0 Å². The summed E-state index contributed by atoms with van der Waals surface area (Å²) in [6, 6.07) is 16.3. The van der Waals surface area contributed by atoms with Gasteiger partial charge in [-0.2, -0.15) is 0 Å². The van der Waals surface area contributed by atoms with E-state index in [0.29, 0.717) is 46.4 Å². The molecule has 5 nitrogen and oxygen atoms in total. The predicted octanol–water partition coefficient (Wildman–Crippen LogP) is 9.74. The van der Waals surface area contributed by atoms with Gasteiger partial charge >= 0.3 is 0 Å². The number of hydrogen-bond acceptors (Lipinski definition) is 5. The zero-order valence-electron chi connectivity index (χ0n) is 28.4. The van der Waals surface area contributed by atoms with Gasteiger partial charge in [-0.1, -0.05) is 92.0 Å². The molecule has 3 aromatic carbocycles. The molecule has 0 unspecified atom stereocenters. The predicted molar refractivity (Wildman–Crippen MR) is 184 cm³/mol. The summed E-state index contributed by atoms with van der Waals surface area (Å²) in [6.45, 7) is 20.2. The Labute approximate surface area is 286 Å². The fraction of sp³-hybridized carbons (Fsp3) is 0.500. The van der Waals surface area contributed by atoms with Crippen LogP contribution in [0.15, 0.2) is 59.6 Å². The maximum atomic E-state index is 13.3. The molecule has 1 radical (unpaired) electrons. The van der Waals surface area contributed by atoms with Crippen LogP contribution in [-0.4, -0.2) is 35.7 Å². The van der Waals surface area contributed by atoms with Gasteiger partial charge in [-0.15, -0.1) is 0 Å². The molecule has 0 aliphatic carbocycles. The fourth-order valence-corrected chi connectivity index (χ4v) is 5.20. The number of nitrogens with zero attached hydrogens (tertiary/aromatic N) is 1. The molecule has 0 aromatic heterocycles. The van der Waals surface area contributed by atoms with Crippen LogP contribution in [0, 0.1) is 0 Å². The van der Waals surface area contributed by atoms with Crippen LogP contribution in [0.25, 0.3) is 0 Å². The summed E-state index contributed by atoms with van der Waals surface area (Å²) in [5.41, 5.74) is 1.86. The molecule has 3 aromatic rings. The number of aromatic hydroxyl groups is 1. The van der Waals surface area contributed by atoms with E-state index in [1.54, 1.807) is 24.4 Å². The van der Waals surface area contributed by atoms with E-state index < -0.39 is 11.6 Å². The van der Waals surface area contributed by atoms with Gasteiger partial charge in [0.1, 0.15) is 22.8 Å². The number of hydrogen-bond donors (Lipinski definition) is 2. The molecule has 0 spiro atoms. The molecular formula is C38H52ClCuNO4. The number of rotatable bonds is 13. The van der Waals surface area contributed by atoms with Gasteiger partial charge in [-0.3, -0.25) is 4.99 Å². The van der Waals surface area contributed by atoms with E-state index in [4.69, 9.17) is 26.1 Å². The number of aliphatic imine (C=N–C) groups is 1. The monoisotopic (exact) mass is 684 g/mol. The zero-order valence-corrected chi connectivity index (χ0v) is 30.1.